The Hall–Kier alpha value is -2.14. The van der Waals surface area contributed by atoms with Crippen LogP contribution in [0.25, 0.3) is 5.69 Å². The molecule has 1 aliphatic rings. The van der Waals surface area contributed by atoms with Crippen LogP contribution < -0.4 is 5.32 Å². The fraction of sp³-hybridized carbons (Fsp3) is 0.412. The molecule has 2 N–H and O–H groups in total. The summed E-state index contributed by atoms with van der Waals surface area (Å²) in [6.45, 7) is 0.133. The second kappa shape index (κ2) is 6.75. The highest BCUT2D eigenvalue weighted by molar-refractivity contribution is 5.94. The highest BCUT2D eigenvalue weighted by Crippen LogP contribution is 2.24. The smallest absolute Gasteiger partial charge is 0.254 e. The average Bonchev–Trinajstić information content (AvgIpc) is 3.06. The van der Waals surface area contributed by atoms with Crippen LogP contribution >= 0.6 is 0 Å². The molecule has 1 aromatic carbocycles. The molecule has 3 rings (SSSR count). The van der Waals surface area contributed by atoms with Gasteiger partial charge in [-0.05, 0) is 25.0 Å². The first kappa shape index (κ1) is 14.8. The highest BCUT2D eigenvalue weighted by Gasteiger charge is 2.26. The van der Waals surface area contributed by atoms with Crippen molar-refractivity contribution in [2.45, 2.75) is 31.7 Å². The molecule has 22 heavy (non-hydrogen) atoms. The molecule has 0 radical (unpaired) electrons. The van der Waals surface area contributed by atoms with Crippen LogP contribution in [0.15, 0.2) is 42.7 Å². The van der Waals surface area contributed by atoms with E-state index in [-0.39, 0.29) is 24.5 Å². The molecule has 2 unspecified atom stereocenters. The van der Waals surface area contributed by atoms with Crippen LogP contribution in [0.4, 0.5) is 0 Å². The number of aromatic nitrogens is 2. The van der Waals surface area contributed by atoms with Gasteiger partial charge < -0.3 is 10.4 Å². The largest absolute Gasteiger partial charge is 0.396 e. The van der Waals surface area contributed by atoms with Gasteiger partial charge in [-0.25, -0.2) is 4.68 Å². The third-order valence-electron chi connectivity index (χ3n) is 4.33. The molecule has 1 amide bonds. The van der Waals surface area contributed by atoms with Gasteiger partial charge in [-0.2, -0.15) is 5.10 Å². The summed E-state index contributed by atoms with van der Waals surface area (Å²) in [5.41, 5.74) is 1.47. The molecule has 0 aliphatic heterocycles. The van der Waals surface area contributed by atoms with Gasteiger partial charge in [0.1, 0.15) is 0 Å². The quantitative estimate of drug-likeness (QED) is 0.909. The highest BCUT2D eigenvalue weighted by atomic mass is 16.3. The summed E-state index contributed by atoms with van der Waals surface area (Å²) < 4.78 is 1.69. The fourth-order valence-corrected chi connectivity index (χ4v) is 3.03. The molecular weight excluding hydrogens is 278 g/mol. The summed E-state index contributed by atoms with van der Waals surface area (Å²) in [6.07, 6.45) is 7.46. The topological polar surface area (TPSA) is 67.2 Å². The van der Waals surface area contributed by atoms with Crippen molar-refractivity contribution in [2.24, 2.45) is 5.92 Å². The first-order valence-corrected chi connectivity index (χ1v) is 7.80. The van der Waals surface area contributed by atoms with Gasteiger partial charge in [0.15, 0.2) is 0 Å². The van der Waals surface area contributed by atoms with Crippen molar-refractivity contribution in [3.63, 3.8) is 0 Å². The van der Waals surface area contributed by atoms with E-state index in [1.165, 1.54) is 0 Å². The number of para-hydroxylation sites is 1. The Kier molecular flexibility index (Phi) is 4.53. The van der Waals surface area contributed by atoms with Crippen LogP contribution in [0.2, 0.25) is 0 Å². The maximum Gasteiger partial charge on any atom is 0.254 e. The summed E-state index contributed by atoms with van der Waals surface area (Å²) in [7, 11) is 0. The van der Waals surface area contributed by atoms with Crippen molar-refractivity contribution in [2.75, 3.05) is 6.61 Å². The lowest BCUT2D eigenvalue weighted by Gasteiger charge is -2.30. The number of rotatable bonds is 4. The number of hydrogen-bond acceptors (Lipinski definition) is 3. The lowest BCUT2D eigenvalue weighted by atomic mass is 9.85. The first-order chi connectivity index (χ1) is 10.8. The van der Waals surface area contributed by atoms with E-state index in [4.69, 9.17) is 0 Å². The van der Waals surface area contributed by atoms with Crippen molar-refractivity contribution in [3.05, 3.63) is 48.3 Å². The van der Waals surface area contributed by atoms with Crippen molar-refractivity contribution in [1.29, 1.82) is 0 Å². The van der Waals surface area contributed by atoms with Crippen LogP contribution in [0, 0.1) is 5.92 Å². The number of nitrogens with one attached hydrogen (secondary N) is 1. The zero-order valence-electron chi connectivity index (χ0n) is 12.5. The molecule has 1 aliphatic carbocycles. The molecule has 1 fully saturated rings. The minimum Gasteiger partial charge on any atom is -0.396 e. The predicted octanol–water partition coefficient (Wildman–Crippen LogP) is 2.15. The van der Waals surface area contributed by atoms with E-state index >= 15 is 0 Å². The van der Waals surface area contributed by atoms with E-state index in [1.807, 2.05) is 30.3 Å². The van der Waals surface area contributed by atoms with Crippen LogP contribution in [0.1, 0.15) is 36.0 Å². The Balaban J connectivity index is 1.69. The van der Waals surface area contributed by atoms with Crippen molar-refractivity contribution in [3.8, 4) is 5.69 Å². The monoisotopic (exact) mass is 299 g/mol. The Labute approximate surface area is 130 Å². The molecule has 1 aromatic heterocycles. The summed E-state index contributed by atoms with van der Waals surface area (Å²) in [5, 5.41) is 16.7. The Morgan fingerprint density at radius 1 is 1.27 bits per heavy atom. The number of hydrogen-bond donors (Lipinski definition) is 2. The van der Waals surface area contributed by atoms with Crippen molar-refractivity contribution in [1.82, 2.24) is 15.1 Å². The molecular formula is C17H21N3O2. The van der Waals surface area contributed by atoms with Crippen LogP contribution in [-0.2, 0) is 0 Å². The standard InChI is InChI=1S/C17H21N3O2/c21-12-13-6-4-5-9-16(13)19-17(22)14-10-18-20(11-14)15-7-2-1-3-8-15/h1-3,7-8,10-11,13,16,21H,4-6,9,12H2,(H,19,22). The van der Waals surface area contributed by atoms with Crippen LogP contribution in [0.5, 0.6) is 0 Å². The Bertz CT molecular complexity index is 624. The maximum absolute atomic E-state index is 12.4. The number of carbonyl (C=O) groups is 1. The van der Waals surface area contributed by atoms with Crippen LogP contribution in [-0.4, -0.2) is 33.4 Å². The normalized spacial score (nSPS) is 21.5. The van der Waals surface area contributed by atoms with E-state index in [0.29, 0.717) is 5.56 Å². The molecule has 1 saturated carbocycles. The van der Waals surface area contributed by atoms with Crippen LogP contribution in [0.3, 0.4) is 0 Å². The molecule has 0 bridgehead atoms. The zero-order chi connectivity index (χ0) is 15.4. The molecule has 0 saturated heterocycles. The molecule has 2 aromatic rings. The zero-order valence-corrected chi connectivity index (χ0v) is 12.5. The van der Waals surface area contributed by atoms with Gasteiger partial charge in [-0.1, -0.05) is 31.0 Å². The number of nitrogens with zero attached hydrogens (tertiary/aromatic N) is 2. The average molecular weight is 299 g/mol. The molecule has 116 valence electrons. The summed E-state index contributed by atoms with van der Waals surface area (Å²) in [6, 6.07) is 9.76. The minimum atomic E-state index is -0.118. The van der Waals surface area contributed by atoms with E-state index in [9.17, 15) is 9.90 Å². The number of carbonyl (C=O) groups excluding carboxylic acids is 1. The second-order valence-corrected chi connectivity index (χ2v) is 5.82. The molecule has 1 heterocycles. The lowest BCUT2D eigenvalue weighted by Crippen LogP contribution is -2.43. The van der Waals surface area contributed by atoms with Gasteiger partial charge in [-0.15, -0.1) is 0 Å². The summed E-state index contributed by atoms with van der Waals surface area (Å²) in [4.78, 5) is 12.4. The van der Waals surface area contributed by atoms with Crippen molar-refractivity contribution >= 4 is 5.91 Å². The maximum atomic E-state index is 12.4. The van der Waals surface area contributed by atoms with Gasteiger partial charge in [0.25, 0.3) is 5.91 Å². The van der Waals surface area contributed by atoms with E-state index in [0.717, 1.165) is 31.4 Å². The lowest BCUT2D eigenvalue weighted by molar-refractivity contribution is 0.0872. The van der Waals surface area contributed by atoms with E-state index in [1.54, 1.807) is 17.1 Å². The van der Waals surface area contributed by atoms with Gasteiger partial charge in [0.2, 0.25) is 0 Å². The SMILES string of the molecule is O=C(NC1CCCCC1CO)c1cnn(-c2ccccc2)c1. The third-order valence-corrected chi connectivity index (χ3v) is 4.33. The van der Waals surface area contributed by atoms with Gasteiger partial charge in [0, 0.05) is 24.8 Å². The number of aliphatic hydroxyl groups excluding tert-OH is 1. The molecule has 2 atom stereocenters. The molecule has 5 nitrogen and oxygen atoms in total. The van der Waals surface area contributed by atoms with Gasteiger partial charge in [0.05, 0.1) is 17.4 Å². The van der Waals surface area contributed by atoms with Crippen molar-refractivity contribution < 1.29 is 9.90 Å². The minimum absolute atomic E-state index is 0.0614. The second-order valence-electron chi connectivity index (χ2n) is 5.82. The molecule has 0 spiro atoms. The predicted molar refractivity (Wildman–Crippen MR) is 83.9 cm³/mol. The van der Waals surface area contributed by atoms with E-state index < -0.39 is 0 Å². The Morgan fingerprint density at radius 2 is 2.05 bits per heavy atom. The fourth-order valence-electron chi connectivity index (χ4n) is 3.03. The number of benzene rings is 1. The summed E-state index contributed by atoms with van der Waals surface area (Å²) >= 11 is 0. The Morgan fingerprint density at radius 3 is 2.82 bits per heavy atom. The number of aliphatic hydroxyl groups is 1. The molecule has 5 heteroatoms. The third kappa shape index (κ3) is 3.20. The number of amides is 1. The van der Waals surface area contributed by atoms with E-state index in [2.05, 4.69) is 10.4 Å². The van der Waals surface area contributed by atoms with Gasteiger partial charge >= 0.3 is 0 Å². The first-order valence-electron chi connectivity index (χ1n) is 7.80. The van der Waals surface area contributed by atoms with Gasteiger partial charge in [-0.3, -0.25) is 4.79 Å². The summed E-state index contributed by atoms with van der Waals surface area (Å²) in [5.74, 6) is 0.0504.